The van der Waals surface area contributed by atoms with Crippen molar-refractivity contribution >= 4 is 23.4 Å². The number of aliphatic hydroxyl groups is 1. The fourth-order valence-electron chi connectivity index (χ4n) is 6.02. The molecule has 2 heterocycles. The summed E-state index contributed by atoms with van der Waals surface area (Å²) in [5.41, 5.74) is 2.83. The van der Waals surface area contributed by atoms with E-state index in [1.165, 1.54) is 0 Å². The maximum Gasteiger partial charge on any atom is 0.245 e. The van der Waals surface area contributed by atoms with Crippen LogP contribution >= 0.6 is 11.8 Å². The number of hydrogen-bond donors (Lipinski definition) is 1. The van der Waals surface area contributed by atoms with Gasteiger partial charge in [0.1, 0.15) is 16.7 Å². The second-order valence-electron chi connectivity index (χ2n) is 12.1. The normalized spacial score (nSPS) is 18.2. The number of anilines is 1. The number of β-amino-alcohol motifs (C(OH)–C–C–N with tert-alkyl or cyclic N) is 1. The number of ether oxygens (including phenoxy) is 2. The van der Waals surface area contributed by atoms with Crippen LogP contribution in [0.15, 0.2) is 77.7 Å². The van der Waals surface area contributed by atoms with Crippen LogP contribution in [-0.4, -0.2) is 106 Å². The summed E-state index contributed by atoms with van der Waals surface area (Å²) in [4.78, 5) is 24.1. The molecule has 2 unspecified atom stereocenters. The van der Waals surface area contributed by atoms with Crippen LogP contribution in [0.5, 0.6) is 11.5 Å². The molecule has 1 fully saturated rings. The maximum absolute atomic E-state index is 14.0. The number of para-hydroxylation sites is 1. The minimum atomic E-state index is -0.444. The topological polar surface area (TPSA) is 68.7 Å². The zero-order chi connectivity index (χ0) is 31.6. The van der Waals surface area contributed by atoms with Gasteiger partial charge < -0.3 is 29.3 Å². The molecule has 0 saturated carbocycles. The van der Waals surface area contributed by atoms with Gasteiger partial charge in [0.15, 0.2) is 0 Å². The van der Waals surface area contributed by atoms with Gasteiger partial charge in [-0.3, -0.25) is 9.69 Å². The molecule has 3 aromatic rings. The number of benzene rings is 3. The van der Waals surface area contributed by atoms with E-state index < -0.39 is 11.4 Å². The van der Waals surface area contributed by atoms with Crippen molar-refractivity contribution in [3.8, 4) is 11.5 Å². The molecule has 1 amide bonds. The largest absolute Gasteiger partial charge is 0.497 e. The van der Waals surface area contributed by atoms with E-state index in [9.17, 15) is 9.90 Å². The number of carbonyl (C=O) groups is 1. The maximum atomic E-state index is 14.0. The zero-order valence-electron chi connectivity index (χ0n) is 26.9. The molecule has 2 aliphatic rings. The molecule has 5 rings (SSSR count). The Bertz CT molecular complexity index is 1370. The van der Waals surface area contributed by atoms with Gasteiger partial charge in [-0.15, -0.1) is 11.8 Å². The monoisotopic (exact) mass is 632 g/mol. The summed E-state index contributed by atoms with van der Waals surface area (Å²) in [6, 6.07) is 23.9. The quantitative estimate of drug-likeness (QED) is 0.226. The number of thioether (sulfide) groups is 1. The molecule has 2 atom stereocenters. The fraction of sp³-hybridized carbons (Fsp3) is 0.472. The van der Waals surface area contributed by atoms with Crippen molar-refractivity contribution in [2.75, 3.05) is 85.1 Å². The Hall–Kier alpha value is -3.08. The van der Waals surface area contributed by atoms with Crippen LogP contribution in [0.4, 0.5) is 5.69 Å². The van der Waals surface area contributed by atoms with Crippen molar-refractivity contribution in [2.45, 2.75) is 35.5 Å². The number of amides is 1. The Morgan fingerprint density at radius 3 is 2.40 bits per heavy atom. The second kappa shape index (κ2) is 16.5. The van der Waals surface area contributed by atoms with Crippen molar-refractivity contribution in [3.63, 3.8) is 0 Å². The number of unbranched alkanes of at least 4 members (excludes halogenated alkanes) is 1. The van der Waals surface area contributed by atoms with E-state index in [0.717, 1.165) is 91.7 Å². The highest BCUT2D eigenvalue weighted by Gasteiger charge is 2.36. The lowest BCUT2D eigenvalue weighted by Gasteiger charge is -2.35. The number of nitrogens with zero attached hydrogens (tertiary/aromatic N) is 4. The average Bonchev–Trinajstić information content (AvgIpc) is 3.06. The average molecular weight is 633 g/mol. The fourth-order valence-corrected chi connectivity index (χ4v) is 7.27. The predicted molar refractivity (Wildman–Crippen MR) is 183 cm³/mol. The Morgan fingerprint density at radius 1 is 0.911 bits per heavy atom. The summed E-state index contributed by atoms with van der Waals surface area (Å²) in [5.74, 6) is 1.56. The molecule has 0 aliphatic carbocycles. The highest BCUT2D eigenvalue weighted by molar-refractivity contribution is 8.00. The number of fused-ring (bicyclic) bond motifs is 1. The van der Waals surface area contributed by atoms with Crippen LogP contribution in [0.25, 0.3) is 0 Å². The molecule has 8 nitrogen and oxygen atoms in total. The van der Waals surface area contributed by atoms with Gasteiger partial charge in [-0.25, -0.2) is 0 Å². The first-order chi connectivity index (χ1) is 21.9. The molecule has 45 heavy (non-hydrogen) atoms. The molecule has 9 heteroatoms. The van der Waals surface area contributed by atoms with Crippen LogP contribution in [0.3, 0.4) is 0 Å². The predicted octanol–water partition coefficient (Wildman–Crippen LogP) is 5.34. The van der Waals surface area contributed by atoms with E-state index in [2.05, 4.69) is 34.9 Å². The molecule has 1 N–H and O–H groups in total. The summed E-state index contributed by atoms with van der Waals surface area (Å²) >= 11 is 1.60. The minimum Gasteiger partial charge on any atom is -0.497 e. The third-order valence-corrected chi connectivity index (χ3v) is 9.87. The van der Waals surface area contributed by atoms with Crippen LogP contribution in [-0.2, 0) is 4.79 Å². The highest BCUT2D eigenvalue weighted by atomic mass is 32.2. The zero-order valence-corrected chi connectivity index (χ0v) is 27.8. The smallest absolute Gasteiger partial charge is 0.245 e. The van der Waals surface area contributed by atoms with Crippen molar-refractivity contribution in [1.82, 2.24) is 14.7 Å². The van der Waals surface area contributed by atoms with E-state index in [4.69, 9.17) is 9.47 Å². The molecule has 242 valence electrons. The van der Waals surface area contributed by atoms with Gasteiger partial charge in [-0.2, -0.15) is 0 Å². The van der Waals surface area contributed by atoms with Gasteiger partial charge in [0.25, 0.3) is 0 Å². The van der Waals surface area contributed by atoms with Crippen LogP contribution in [0.1, 0.15) is 41.7 Å². The first-order valence-corrected chi connectivity index (χ1v) is 17.0. The van der Waals surface area contributed by atoms with Crippen LogP contribution in [0, 0.1) is 0 Å². The molecular formula is C36H48N4O4S. The van der Waals surface area contributed by atoms with Gasteiger partial charge in [0.2, 0.25) is 5.91 Å². The molecule has 0 bridgehead atoms. The Labute approximate surface area is 272 Å². The Balaban J connectivity index is 1.13. The molecular weight excluding hydrogens is 584 g/mol. The lowest BCUT2D eigenvalue weighted by molar-refractivity contribution is -0.118. The standard InChI is InChI=1S/C36H48N4O4S/c1-37(2)18-11-20-40-31-14-7-8-15-34(31)45-35(36(40)42)30-26-29(43-3)16-17-33(30)44-25-10-9-19-38-21-23-39(24-22-38)27-32(41)28-12-5-4-6-13-28/h4-8,12-17,26,32,35,41H,9-11,18-25,27H2,1-3H3. The van der Waals surface area contributed by atoms with E-state index >= 15 is 0 Å². The summed E-state index contributed by atoms with van der Waals surface area (Å²) < 4.78 is 11.9. The Kier molecular flexibility index (Phi) is 12.2. The number of carbonyl (C=O) groups excluding carboxylic acids is 1. The molecule has 3 aromatic carbocycles. The SMILES string of the molecule is COc1ccc(OCCCCN2CCN(CC(O)c3ccccc3)CC2)c(C2Sc3ccccc3N(CCCN(C)C)C2=O)c1. The first-order valence-electron chi connectivity index (χ1n) is 16.1. The molecule has 0 spiro atoms. The Morgan fingerprint density at radius 2 is 1.64 bits per heavy atom. The lowest BCUT2D eigenvalue weighted by atomic mass is 10.1. The van der Waals surface area contributed by atoms with Crippen molar-refractivity contribution in [3.05, 3.63) is 83.9 Å². The highest BCUT2D eigenvalue weighted by Crippen LogP contribution is 2.49. The third-order valence-electron chi connectivity index (χ3n) is 8.58. The van der Waals surface area contributed by atoms with Gasteiger partial charge in [0, 0.05) is 49.7 Å². The van der Waals surface area contributed by atoms with E-state index in [0.29, 0.717) is 19.7 Å². The third kappa shape index (κ3) is 9.01. The molecule has 0 aromatic heterocycles. The van der Waals surface area contributed by atoms with Crippen molar-refractivity contribution < 1.29 is 19.4 Å². The minimum absolute atomic E-state index is 0.0889. The lowest BCUT2D eigenvalue weighted by Crippen LogP contribution is -2.47. The van der Waals surface area contributed by atoms with Crippen molar-refractivity contribution in [2.24, 2.45) is 0 Å². The number of aliphatic hydroxyl groups excluding tert-OH is 1. The van der Waals surface area contributed by atoms with Crippen LogP contribution < -0.4 is 14.4 Å². The number of hydrogen-bond acceptors (Lipinski definition) is 8. The number of piperazine rings is 1. The van der Waals surface area contributed by atoms with E-state index in [1.54, 1.807) is 18.9 Å². The summed E-state index contributed by atoms with van der Waals surface area (Å²) in [7, 11) is 5.78. The number of rotatable bonds is 15. The van der Waals surface area contributed by atoms with E-state index in [-0.39, 0.29) is 5.91 Å². The van der Waals surface area contributed by atoms with Crippen LogP contribution in [0.2, 0.25) is 0 Å². The van der Waals surface area contributed by atoms with Gasteiger partial charge >= 0.3 is 0 Å². The van der Waals surface area contributed by atoms with Crippen molar-refractivity contribution in [1.29, 1.82) is 0 Å². The molecule has 0 radical (unpaired) electrons. The molecule has 2 aliphatic heterocycles. The van der Waals surface area contributed by atoms with Gasteiger partial charge in [-0.05, 0) is 82.3 Å². The van der Waals surface area contributed by atoms with Gasteiger partial charge in [-0.1, -0.05) is 42.5 Å². The first kappa shape index (κ1) is 33.3. The second-order valence-corrected chi connectivity index (χ2v) is 13.3. The van der Waals surface area contributed by atoms with E-state index in [1.807, 2.05) is 71.6 Å². The summed E-state index contributed by atoms with van der Waals surface area (Å²) in [6.07, 6.45) is 2.43. The number of methoxy groups -OCH3 is 1. The summed E-state index contributed by atoms with van der Waals surface area (Å²) in [6.45, 7) is 7.86. The molecule has 1 saturated heterocycles. The van der Waals surface area contributed by atoms with Gasteiger partial charge in [0.05, 0.1) is 25.5 Å². The summed E-state index contributed by atoms with van der Waals surface area (Å²) in [5, 5.41) is 10.2.